The van der Waals surface area contributed by atoms with Crippen molar-refractivity contribution >= 4 is 34.5 Å². The summed E-state index contributed by atoms with van der Waals surface area (Å²) in [6.07, 6.45) is 5.36. The van der Waals surface area contributed by atoms with Crippen molar-refractivity contribution in [3.63, 3.8) is 0 Å². The minimum atomic E-state index is -0.364. The van der Waals surface area contributed by atoms with Gasteiger partial charge in [-0.2, -0.15) is 0 Å². The van der Waals surface area contributed by atoms with Gasteiger partial charge in [0.05, 0.1) is 11.1 Å². The van der Waals surface area contributed by atoms with Gasteiger partial charge in [0.1, 0.15) is 24.0 Å². The predicted molar refractivity (Wildman–Crippen MR) is 131 cm³/mol. The maximum Gasteiger partial charge on any atom is 0.239 e. The topological polar surface area (TPSA) is 88.0 Å². The molecular weight excluding hydrogens is 453 g/mol. The van der Waals surface area contributed by atoms with Crippen LogP contribution < -0.4 is 15.5 Å². The quantitative estimate of drug-likeness (QED) is 0.413. The highest BCUT2D eigenvalue weighted by Crippen LogP contribution is 2.24. The average molecular weight is 478 g/mol. The smallest absolute Gasteiger partial charge is 0.239 e. The van der Waals surface area contributed by atoms with Crippen LogP contribution in [0.25, 0.3) is 16.7 Å². The molecule has 0 aliphatic carbocycles. The predicted octanol–water partition coefficient (Wildman–Crippen LogP) is 2.77. The molecule has 1 aliphatic rings. The first-order chi connectivity index (χ1) is 16.6. The molecule has 3 heterocycles. The molecule has 0 bridgehead atoms. The summed E-state index contributed by atoms with van der Waals surface area (Å²) in [5, 5.41) is 11.6. The van der Waals surface area contributed by atoms with Gasteiger partial charge in [-0.3, -0.25) is 4.79 Å². The van der Waals surface area contributed by atoms with Gasteiger partial charge in [-0.1, -0.05) is 12.1 Å². The first kappa shape index (κ1) is 22.3. The number of hydrogen-bond acceptors (Lipinski definition) is 7. The number of amides is 1. The lowest BCUT2D eigenvalue weighted by Crippen LogP contribution is -2.57. The van der Waals surface area contributed by atoms with Gasteiger partial charge in [0, 0.05) is 37.3 Å². The molecule has 2 aromatic carbocycles. The Hall–Kier alpha value is -3.50. The fourth-order valence-corrected chi connectivity index (χ4v) is 4.39. The molecule has 0 radical (unpaired) electrons. The van der Waals surface area contributed by atoms with Crippen molar-refractivity contribution in [2.45, 2.75) is 17.5 Å². The Morgan fingerprint density at radius 3 is 2.74 bits per heavy atom. The SMILES string of the molecule is CSc1ccc(CNC(=O)C2CN(c3ncnc4nn(-c5ccc(F)cc5)cc34)CCN2)cc1. The summed E-state index contributed by atoms with van der Waals surface area (Å²) in [7, 11) is 0. The van der Waals surface area contributed by atoms with Crippen LogP contribution in [0.1, 0.15) is 5.56 Å². The van der Waals surface area contributed by atoms with Gasteiger partial charge in [-0.15, -0.1) is 16.9 Å². The summed E-state index contributed by atoms with van der Waals surface area (Å²) >= 11 is 1.69. The van der Waals surface area contributed by atoms with E-state index in [2.05, 4.69) is 42.7 Å². The number of halogens is 1. The summed E-state index contributed by atoms with van der Waals surface area (Å²) in [4.78, 5) is 24.9. The fraction of sp³-hybridized carbons (Fsp3) is 0.250. The molecule has 1 aliphatic heterocycles. The van der Waals surface area contributed by atoms with E-state index in [-0.39, 0.29) is 17.8 Å². The lowest BCUT2D eigenvalue weighted by molar-refractivity contribution is -0.123. The van der Waals surface area contributed by atoms with Gasteiger partial charge >= 0.3 is 0 Å². The van der Waals surface area contributed by atoms with Gasteiger partial charge in [-0.05, 0) is 48.2 Å². The summed E-state index contributed by atoms with van der Waals surface area (Å²) in [6.45, 7) is 2.31. The number of nitrogens with zero attached hydrogens (tertiary/aromatic N) is 5. The van der Waals surface area contributed by atoms with Crippen LogP contribution in [-0.4, -0.2) is 57.6 Å². The van der Waals surface area contributed by atoms with E-state index in [0.717, 1.165) is 22.5 Å². The highest BCUT2D eigenvalue weighted by atomic mass is 32.2. The van der Waals surface area contributed by atoms with Crippen molar-refractivity contribution in [2.24, 2.45) is 0 Å². The number of fused-ring (bicyclic) bond motifs is 1. The van der Waals surface area contributed by atoms with Crippen molar-refractivity contribution in [2.75, 3.05) is 30.8 Å². The second kappa shape index (κ2) is 9.78. The standard InChI is InChI=1S/C24H24FN7OS/c1-34-19-8-2-16(3-9-19)12-27-24(33)21-14-31(11-10-26-21)23-20-13-32(30-22(20)28-15-29-23)18-6-4-17(25)5-7-18/h2-9,13,15,21,26H,10-12,14H2,1H3,(H,27,33). The van der Waals surface area contributed by atoms with Gasteiger partial charge < -0.3 is 15.5 Å². The minimum Gasteiger partial charge on any atom is -0.353 e. The van der Waals surface area contributed by atoms with Crippen molar-refractivity contribution < 1.29 is 9.18 Å². The van der Waals surface area contributed by atoms with E-state index in [4.69, 9.17) is 0 Å². The molecule has 174 valence electrons. The zero-order chi connectivity index (χ0) is 23.5. The van der Waals surface area contributed by atoms with Gasteiger partial charge in [0.2, 0.25) is 5.91 Å². The van der Waals surface area contributed by atoms with Gasteiger partial charge in [-0.25, -0.2) is 19.0 Å². The van der Waals surface area contributed by atoms with Crippen LogP contribution in [0, 0.1) is 5.82 Å². The van der Waals surface area contributed by atoms with Gasteiger partial charge in [0.25, 0.3) is 0 Å². The van der Waals surface area contributed by atoms with E-state index in [9.17, 15) is 9.18 Å². The highest BCUT2D eigenvalue weighted by molar-refractivity contribution is 7.98. The third-order valence-electron chi connectivity index (χ3n) is 5.80. The average Bonchev–Trinajstić information content (AvgIpc) is 3.32. The summed E-state index contributed by atoms with van der Waals surface area (Å²) < 4.78 is 15.0. The van der Waals surface area contributed by atoms with Crippen molar-refractivity contribution in [1.29, 1.82) is 0 Å². The van der Waals surface area contributed by atoms with E-state index in [1.807, 2.05) is 24.6 Å². The molecular formula is C24H24FN7OS. The third-order valence-corrected chi connectivity index (χ3v) is 6.55. The Bertz CT molecular complexity index is 1290. The number of aromatic nitrogens is 4. The first-order valence-corrected chi connectivity index (χ1v) is 12.2. The summed E-state index contributed by atoms with van der Waals surface area (Å²) in [5.74, 6) is 0.374. The molecule has 10 heteroatoms. The maximum atomic E-state index is 13.3. The van der Waals surface area contributed by atoms with Crippen LogP contribution in [0.3, 0.4) is 0 Å². The Kier molecular flexibility index (Phi) is 6.41. The minimum absolute atomic E-state index is 0.0500. The third kappa shape index (κ3) is 4.73. The number of hydrogen-bond donors (Lipinski definition) is 2. The number of benzene rings is 2. The molecule has 1 unspecified atom stereocenters. The zero-order valence-electron chi connectivity index (χ0n) is 18.6. The van der Waals surface area contributed by atoms with Crippen LogP contribution in [0.15, 0.2) is 66.0 Å². The normalized spacial score (nSPS) is 16.1. The van der Waals surface area contributed by atoms with Crippen LogP contribution in [0.5, 0.6) is 0 Å². The second-order valence-electron chi connectivity index (χ2n) is 8.00. The molecule has 8 nitrogen and oxygen atoms in total. The molecule has 0 spiro atoms. The summed E-state index contributed by atoms with van der Waals surface area (Å²) in [6, 6.07) is 13.9. The number of piperazine rings is 1. The number of carbonyl (C=O) groups is 1. The van der Waals surface area contributed by atoms with E-state index in [0.29, 0.717) is 31.8 Å². The Morgan fingerprint density at radius 1 is 1.18 bits per heavy atom. The molecule has 1 fully saturated rings. The molecule has 1 atom stereocenters. The largest absolute Gasteiger partial charge is 0.353 e. The van der Waals surface area contributed by atoms with Gasteiger partial charge in [0.15, 0.2) is 5.65 Å². The number of thioether (sulfide) groups is 1. The van der Waals surface area contributed by atoms with Crippen LogP contribution in [0.4, 0.5) is 10.2 Å². The highest BCUT2D eigenvalue weighted by Gasteiger charge is 2.27. The monoisotopic (exact) mass is 477 g/mol. The Morgan fingerprint density at radius 2 is 1.97 bits per heavy atom. The van der Waals surface area contributed by atoms with Crippen molar-refractivity contribution in [1.82, 2.24) is 30.4 Å². The van der Waals surface area contributed by atoms with E-state index < -0.39 is 0 Å². The molecule has 0 saturated carbocycles. The van der Waals surface area contributed by atoms with E-state index in [1.165, 1.54) is 23.4 Å². The Labute approximate surface area is 200 Å². The molecule has 34 heavy (non-hydrogen) atoms. The lowest BCUT2D eigenvalue weighted by atomic mass is 10.1. The fourth-order valence-electron chi connectivity index (χ4n) is 3.98. The summed E-state index contributed by atoms with van der Waals surface area (Å²) in [5.41, 5.74) is 2.33. The van der Waals surface area contributed by atoms with Crippen molar-refractivity contribution in [3.8, 4) is 5.69 Å². The molecule has 2 N–H and O–H groups in total. The number of rotatable bonds is 6. The first-order valence-electron chi connectivity index (χ1n) is 11.0. The molecule has 4 aromatic rings. The molecule has 5 rings (SSSR count). The Balaban J connectivity index is 1.30. The number of carbonyl (C=O) groups excluding carboxylic acids is 1. The van der Waals surface area contributed by atoms with E-state index >= 15 is 0 Å². The molecule has 1 saturated heterocycles. The second-order valence-corrected chi connectivity index (χ2v) is 8.88. The van der Waals surface area contributed by atoms with Crippen LogP contribution in [0.2, 0.25) is 0 Å². The molecule has 1 amide bonds. The maximum absolute atomic E-state index is 13.3. The lowest BCUT2D eigenvalue weighted by Gasteiger charge is -2.33. The van der Waals surface area contributed by atoms with Crippen LogP contribution >= 0.6 is 11.8 Å². The van der Waals surface area contributed by atoms with Crippen molar-refractivity contribution in [3.05, 3.63) is 72.4 Å². The molecule has 2 aromatic heterocycles. The zero-order valence-corrected chi connectivity index (χ0v) is 19.4. The number of nitrogens with one attached hydrogen (secondary N) is 2. The van der Waals surface area contributed by atoms with E-state index in [1.54, 1.807) is 28.6 Å². The van der Waals surface area contributed by atoms with Crippen LogP contribution in [-0.2, 0) is 11.3 Å². The number of anilines is 1.